The molecule has 6 heteroatoms. The van der Waals surface area contributed by atoms with Crippen LogP contribution in [0.2, 0.25) is 0 Å². The minimum atomic E-state index is -0.132. The molecule has 85 heavy (non-hydrogen) atoms. The number of hydrogen-bond acceptors (Lipinski definition) is 4. The number of fused-ring (bicyclic) bond motifs is 5. The lowest BCUT2D eigenvalue weighted by Crippen LogP contribution is -2.42. The number of benzene rings is 17. The molecule has 0 saturated heterocycles. The Morgan fingerprint density at radius 1 is 0.306 bits per heavy atom. The average molecular weight is 1070 g/mol. The van der Waals surface area contributed by atoms with Gasteiger partial charge < -0.3 is 10.6 Å². The molecule has 0 radical (unpaired) electrons. The lowest BCUT2D eigenvalue weighted by molar-refractivity contribution is -0.118. The summed E-state index contributed by atoms with van der Waals surface area (Å²) in [5.74, 6) is 0.913. The van der Waals surface area contributed by atoms with Gasteiger partial charge in [-0.3, -0.25) is 14.5 Å². The molecule has 0 saturated carbocycles. The lowest BCUT2D eigenvalue weighted by Gasteiger charge is -2.45. The number of anilines is 2. The van der Waals surface area contributed by atoms with E-state index >= 15 is 4.79 Å². The molecule has 29 aromatic rings. The molecule has 6 nitrogen and oxygen atoms in total. The van der Waals surface area contributed by atoms with Crippen molar-refractivity contribution in [3.63, 3.8) is 0 Å². The third kappa shape index (κ3) is 2.61. The van der Waals surface area contributed by atoms with E-state index in [9.17, 15) is 4.79 Å². The highest BCUT2D eigenvalue weighted by atomic mass is 16.2. The van der Waals surface area contributed by atoms with E-state index in [2.05, 4.69) is 22.5 Å². The molecular formula is C79H32N4O2. The summed E-state index contributed by atoms with van der Waals surface area (Å²) in [7, 11) is 0. The minimum absolute atomic E-state index is 0.0124. The average Bonchev–Trinajstić information content (AvgIpc) is 1.40. The van der Waals surface area contributed by atoms with Crippen LogP contribution in [-0.4, -0.2) is 28.2 Å². The van der Waals surface area contributed by atoms with E-state index in [0.29, 0.717) is 18.1 Å². The first-order valence-electron chi connectivity index (χ1n) is 32.3. The summed E-state index contributed by atoms with van der Waals surface area (Å²) in [6, 6.07) is 5.43. The fourth-order valence-corrected chi connectivity index (χ4v) is 26.0. The van der Waals surface area contributed by atoms with Crippen LogP contribution in [0.25, 0.3) is 291 Å². The zero-order valence-corrected chi connectivity index (χ0v) is 45.4. The Hall–Kier alpha value is -9.49. The number of carbonyl (C=O) groups is 2. The van der Waals surface area contributed by atoms with E-state index in [1.54, 1.807) is 259 Å². The topological polar surface area (TPSA) is 74.3 Å². The zero-order chi connectivity index (χ0) is 52.5. The van der Waals surface area contributed by atoms with Crippen molar-refractivity contribution in [3.8, 4) is 0 Å². The number of hydrogen-bond donors (Lipinski definition) is 2. The molecule has 3 aliphatic rings. The SMILES string of the molecule is CCCCCCCCCCCC(=O)Nc1cccc(NC(=O)CN2C3c4c5c6c7c8c9c(c%10c%11c3c3c%12c4c4c%13c5c5c7c7c8c8c%14c9c%10c9c%10c%11c3c3c%11c%12c4c4c%12c%13c5c5c7c7c8c8c%14c9c9c%10c3c3c%11c4c4c%12c5c7c5c8c9c3c45)C62)n1. The smallest absolute Gasteiger partial charge is 0.239 e. The molecule has 380 valence electrons. The largest absolute Gasteiger partial charge is 0.311 e. The number of pyridine rings is 1. The van der Waals surface area contributed by atoms with Crippen molar-refractivity contribution < 1.29 is 9.59 Å². The number of rotatable bonds is 14. The van der Waals surface area contributed by atoms with Crippen molar-refractivity contribution in [2.45, 2.75) is 83.2 Å². The summed E-state index contributed by atoms with van der Waals surface area (Å²) < 4.78 is 0. The highest BCUT2D eigenvalue weighted by Gasteiger charge is 2.57. The van der Waals surface area contributed by atoms with Gasteiger partial charge >= 0.3 is 0 Å². The molecule has 0 fully saturated rings. The molecule has 2 atom stereocenters. The summed E-state index contributed by atoms with van der Waals surface area (Å²) in [5.41, 5.74) is 6.00. The maximum atomic E-state index is 15.8. The third-order valence-corrected chi connectivity index (χ3v) is 27.3. The van der Waals surface area contributed by atoms with Crippen LogP contribution in [0, 0.1) is 0 Å². The van der Waals surface area contributed by atoms with Gasteiger partial charge in [-0.05, 0) is 332 Å². The van der Waals surface area contributed by atoms with E-state index in [-0.39, 0.29) is 30.4 Å². The van der Waals surface area contributed by atoms with Crippen molar-refractivity contribution in [3.05, 3.63) is 40.5 Å². The molecule has 2 heterocycles. The van der Waals surface area contributed by atoms with E-state index < -0.39 is 0 Å². The van der Waals surface area contributed by atoms with Gasteiger partial charge in [0.05, 0.1) is 18.6 Å². The molecule has 2 unspecified atom stereocenters. The van der Waals surface area contributed by atoms with Gasteiger partial charge in [0.25, 0.3) is 0 Å². The van der Waals surface area contributed by atoms with Crippen LogP contribution in [0.4, 0.5) is 11.6 Å². The Morgan fingerprint density at radius 2 is 0.529 bits per heavy atom. The van der Waals surface area contributed by atoms with Gasteiger partial charge in [-0.25, -0.2) is 4.98 Å². The Kier molecular flexibility index (Phi) is 4.27. The molecule has 2 N–H and O–H groups in total. The number of carbonyl (C=O) groups excluding carboxylic acids is 2. The van der Waals surface area contributed by atoms with Crippen LogP contribution in [-0.2, 0) is 9.59 Å². The number of aromatic nitrogens is 1. The van der Waals surface area contributed by atoms with Gasteiger partial charge in [0, 0.05) is 6.42 Å². The first-order chi connectivity index (χ1) is 42.2. The zero-order valence-electron chi connectivity index (χ0n) is 45.4. The van der Waals surface area contributed by atoms with Crippen molar-refractivity contribution in [1.29, 1.82) is 0 Å². The highest BCUT2D eigenvalue weighted by Crippen LogP contribution is 2.81. The predicted molar refractivity (Wildman–Crippen MR) is 356 cm³/mol. The second-order valence-electron chi connectivity index (χ2n) is 29.5. The van der Waals surface area contributed by atoms with E-state index in [4.69, 9.17) is 4.98 Å². The highest BCUT2D eigenvalue weighted by molar-refractivity contribution is 6.82. The molecule has 2 amide bonds. The van der Waals surface area contributed by atoms with Gasteiger partial charge in [-0.2, -0.15) is 0 Å². The van der Waals surface area contributed by atoms with Crippen molar-refractivity contribution in [2.24, 2.45) is 0 Å². The number of amides is 2. The predicted octanol–water partition coefficient (Wildman–Crippen LogP) is 21.1. The third-order valence-electron chi connectivity index (χ3n) is 27.3. The van der Waals surface area contributed by atoms with E-state index in [1.165, 1.54) is 99.5 Å². The monoisotopic (exact) mass is 1070 g/mol. The number of unbranched alkanes of at least 4 members (excludes halogenated alkanes) is 8. The normalized spacial score (nSPS) is 18.5. The van der Waals surface area contributed by atoms with Gasteiger partial charge in [-0.1, -0.05) is 64.4 Å². The Bertz CT molecular complexity index is 7520. The standard InChI is InChI=1S/C79H32N4O2/c1-2-3-4-5-6-7-8-9-10-14-18(84)81-16-12-11-13-17(80-16)82-19(85)15-83-78-74-67-60-48-40-31-22-20-21-23-26(22)35-42(40)50-51-43(35)41-32(23)34-30-25(21)28-27-24(20)29-33(31)46(48)54-52-38(29)36(27)44-45-37(28)39(30)53-55-47(34)49(41)61-63(51)72(71(74)62(50)60)75-68(61)66(55)70-59(53)57(45)64-56(44)58(52)69(65(54)67)76(78)73(64)77(70)79(75)83/h11-13,78-79H,2-10,14-15H2,1H3,(H2,80,81,82,84,85). The first-order valence-corrected chi connectivity index (χ1v) is 32.3. The van der Waals surface area contributed by atoms with Crippen LogP contribution in [0.15, 0.2) is 18.2 Å². The summed E-state index contributed by atoms with van der Waals surface area (Å²) in [4.78, 5) is 37.0. The van der Waals surface area contributed by atoms with Crippen LogP contribution >= 0.6 is 0 Å². The van der Waals surface area contributed by atoms with Gasteiger partial charge in [0.15, 0.2) is 0 Å². The summed E-state index contributed by atoms with van der Waals surface area (Å²) >= 11 is 0. The van der Waals surface area contributed by atoms with Crippen molar-refractivity contribution in [2.75, 3.05) is 17.2 Å². The molecule has 1 aliphatic heterocycles. The van der Waals surface area contributed by atoms with Crippen LogP contribution in [0.3, 0.4) is 0 Å². The second kappa shape index (κ2) is 9.82. The summed E-state index contributed by atoms with van der Waals surface area (Å²) in [6.07, 6.45) is 11.4. The van der Waals surface area contributed by atoms with Gasteiger partial charge in [0.2, 0.25) is 11.8 Å². The van der Waals surface area contributed by atoms with E-state index in [1.807, 2.05) is 18.2 Å². The maximum absolute atomic E-state index is 15.8. The molecule has 1 aromatic heterocycles. The number of nitrogens with one attached hydrogen (secondary N) is 2. The van der Waals surface area contributed by atoms with Gasteiger partial charge in [0.1, 0.15) is 11.6 Å². The molecular weight excluding hydrogens is 1040 g/mol. The Labute approximate surface area is 472 Å². The fraction of sp³-hybridized carbons (Fsp3) is 0.177. The van der Waals surface area contributed by atoms with Crippen molar-refractivity contribution >= 4 is 314 Å². The lowest BCUT2D eigenvalue weighted by atomic mass is 9.73. The number of nitrogens with zero attached hydrogens (tertiary/aromatic N) is 2. The maximum Gasteiger partial charge on any atom is 0.239 e. The van der Waals surface area contributed by atoms with Crippen molar-refractivity contribution in [1.82, 2.24) is 9.88 Å². The van der Waals surface area contributed by atoms with Crippen LogP contribution < -0.4 is 10.6 Å². The first kappa shape index (κ1) is 37.0. The van der Waals surface area contributed by atoms with Crippen LogP contribution in [0.5, 0.6) is 0 Å². The molecule has 2 aliphatic carbocycles. The van der Waals surface area contributed by atoms with E-state index in [0.717, 1.165) is 12.8 Å². The molecule has 0 bridgehead atoms. The quantitative estimate of drug-likeness (QED) is 0.0841. The Morgan fingerprint density at radius 3 is 0.835 bits per heavy atom. The molecule has 0 spiro atoms. The molecule has 28 aromatic carbocycles. The minimum Gasteiger partial charge on any atom is -0.311 e. The summed E-state index contributed by atoms with van der Waals surface area (Å²) in [5, 5.41) is 91.3. The fourth-order valence-electron chi connectivity index (χ4n) is 26.0. The summed E-state index contributed by atoms with van der Waals surface area (Å²) in [6.45, 7) is 2.48. The molecule has 32 rings (SSSR count). The van der Waals surface area contributed by atoms with Crippen LogP contribution in [0.1, 0.15) is 105 Å². The second-order valence-corrected chi connectivity index (χ2v) is 29.5. The van der Waals surface area contributed by atoms with Gasteiger partial charge in [-0.15, -0.1) is 0 Å². The Balaban J connectivity index is 0.755.